The molecule has 0 aliphatic heterocycles. The van der Waals surface area contributed by atoms with Crippen LogP contribution in [0.4, 0.5) is 0 Å². The van der Waals surface area contributed by atoms with Gasteiger partial charge in [-0.15, -0.1) is 0 Å². The average Bonchev–Trinajstić information content (AvgIpc) is 2.30. The Kier molecular flexibility index (Phi) is 3.30. The number of nitrogens with zero attached hydrogens (tertiary/aromatic N) is 2. The third-order valence-corrected chi connectivity index (χ3v) is 2.49. The quantitative estimate of drug-likeness (QED) is 0.779. The molecule has 0 amide bonds. The van der Waals surface area contributed by atoms with Crippen molar-refractivity contribution in [3.8, 4) is 11.1 Å². The summed E-state index contributed by atoms with van der Waals surface area (Å²) in [4.78, 5) is 8.04. The molecule has 0 saturated carbocycles. The van der Waals surface area contributed by atoms with Crippen LogP contribution in [0, 0.1) is 5.92 Å². The Morgan fingerprint density at radius 2 is 1.56 bits per heavy atom. The predicted octanol–water partition coefficient (Wildman–Crippen LogP) is 3.34. The Bertz CT molecular complexity index is 432. The Balaban J connectivity index is 2.20. The monoisotopic (exact) mass is 212 g/mol. The van der Waals surface area contributed by atoms with Crippen molar-refractivity contribution >= 4 is 0 Å². The molecule has 0 saturated heterocycles. The number of benzene rings is 1. The minimum Gasteiger partial charge on any atom is -0.244 e. The van der Waals surface area contributed by atoms with Crippen molar-refractivity contribution in [2.24, 2.45) is 5.92 Å². The lowest BCUT2D eigenvalue weighted by Crippen LogP contribution is -1.93. The number of hydrogen-bond donors (Lipinski definition) is 0. The van der Waals surface area contributed by atoms with Crippen molar-refractivity contribution in [1.82, 2.24) is 9.97 Å². The fourth-order valence-corrected chi connectivity index (χ4v) is 1.75. The van der Waals surface area contributed by atoms with E-state index < -0.39 is 0 Å². The van der Waals surface area contributed by atoms with Crippen LogP contribution in [0.2, 0.25) is 0 Å². The van der Waals surface area contributed by atoms with E-state index >= 15 is 0 Å². The molecule has 0 fully saturated rings. The summed E-state index contributed by atoms with van der Waals surface area (Å²) in [5.41, 5.74) is 3.63. The molecule has 1 aromatic carbocycles. The molecule has 2 nitrogen and oxygen atoms in total. The molecule has 16 heavy (non-hydrogen) atoms. The van der Waals surface area contributed by atoms with Crippen molar-refractivity contribution in [2.45, 2.75) is 20.3 Å². The molecule has 1 aromatic heterocycles. The predicted molar refractivity (Wildman–Crippen MR) is 66.0 cm³/mol. The first-order valence-corrected chi connectivity index (χ1v) is 5.60. The maximum atomic E-state index is 4.02. The Morgan fingerprint density at radius 1 is 0.938 bits per heavy atom. The van der Waals surface area contributed by atoms with E-state index in [2.05, 4.69) is 48.1 Å². The van der Waals surface area contributed by atoms with Crippen molar-refractivity contribution in [2.75, 3.05) is 0 Å². The highest BCUT2D eigenvalue weighted by atomic mass is 14.8. The lowest BCUT2D eigenvalue weighted by Gasteiger charge is -2.06. The van der Waals surface area contributed by atoms with Gasteiger partial charge in [-0.05, 0) is 23.5 Å². The summed E-state index contributed by atoms with van der Waals surface area (Å²) >= 11 is 0. The zero-order valence-corrected chi connectivity index (χ0v) is 9.72. The SMILES string of the molecule is CC(C)Cc1ccc(-c2cncnc2)cc1. The molecule has 0 radical (unpaired) electrons. The Hall–Kier alpha value is -1.70. The second-order valence-corrected chi connectivity index (χ2v) is 4.42. The summed E-state index contributed by atoms with van der Waals surface area (Å²) in [5.74, 6) is 0.700. The van der Waals surface area contributed by atoms with Crippen LogP contribution in [-0.4, -0.2) is 9.97 Å². The standard InChI is InChI=1S/C14H16N2/c1-11(2)7-12-3-5-13(6-4-12)14-8-15-10-16-9-14/h3-6,8-11H,7H2,1-2H3. The number of hydrogen-bond acceptors (Lipinski definition) is 2. The van der Waals surface area contributed by atoms with E-state index in [0.29, 0.717) is 5.92 Å². The van der Waals surface area contributed by atoms with Crippen LogP contribution >= 0.6 is 0 Å². The minimum absolute atomic E-state index is 0.700. The molecular weight excluding hydrogens is 196 g/mol. The summed E-state index contributed by atoms with van der Waals surface area (Å²) < 4.78 is 0. The van der Waals surface area contributed by atoms with Crippen LogP contribution < -0.4 is 0 Å². The third-order valence-electron chi connectivity index (χ3n) is 2.49. The van der Waals surface area contributed by atoms with Crippen LogP contribution in [0.1, 0.15) is 19.4 Å². The summed E-state index contributed by atoms with van der Waals surface area (Å²) in [5, 5.41) is 0. The molecule has 2 aromatic rings. The highest BCUT2D eigenvalue weighted by Crippen LogP contribution is 2.18. The van der Waals surface area contributed by atoms with Crippen LogP contribution in [0.25, 0.3) is 11.1 Å². The fourth-order valence-electron chi connectivity index (χ4n) is 1.75. The smallest absolute Gasteiger partial charge is 0.115 e. The normalized spacial score (nSPS) is 10.7. The molecular formula is C14H16N2. The maximum absolute atomic E-state index is 4.02. The Morgan fingerprint density at radius 3 is 2.12 bits per heavy atom. The van der Waals surface area contributed by atoms with E-state index in [1.165, 1.54) is 11.1 Å². The highest BCUT2D eigenvalue weighted by Gasteiger charge is 2.00. The topological polar surface area (TPSA) is 25.8 Å². The van der Waals surface area contributed by atoms with Gasteiger partial charge in [-0.3, -0.25) is 0 Å². The molecule has 0 aliphatic rings. The zero-order chi connectivity index (χ0) is 11.4. The molecule has 0 aliphatic carbocycles. The van der Waals surface area contributed by atoms with Gasteiger partial charge in [-0.1, -0.05) is 38.1 Å². The molecule has 82 valence electrons. The second kappa shape index (κ2) is 4.88. The number of rotatable bonds is 3. The van der Waals surface area contributed by atoms with Gasteiger partial charge in [-0.25, -0.2) is 9.97 Å². The van der Waals surface area contributed by atoms with Gasteiger partial charge in [0.1, 0.15) is 6.33 Å². The summed E-state index contributed by atoms with van der Waals surface area (Å²) in [6, 6.07) is 8.64. The molecule has 0 spiro atoms. The first-order chi connectivity index (χ1) is 7.75. The van der Waals surface area contributed by atoms with E-state index in [1.54, 1.807) is 6.33 Å². The highest BCUT2D eigenvalue weighted by molar-refractivity contribution is 5.61. The third kappa shape index (κ3) is 2.66. The van der Waals surface area contributed by atoms with E-state index in [0.717, 1.165) is 12.0 Å². The summed E-state index contributed by atoms with van der Waals surface area (Å²) in [6.07, 6.45) is 6.36. The lowest BCUT2D eigenvalue weighted by atomic mass is 10.0. The van der Waals surface area contributed by atoms with Gasteiger partial charge in [0.15, 0.2) is 0 Å². The van der Waals surface area contributed by atoms with Crippen LogP contribution in [-0.2, 0) is 6.42 Å². The molecule has 0 atom stereocenters. The molecule has 0 N–H and O–H groups in total. The fraction of sp³-hybridized carbons (Fsp3) is 0.286. The van der Waals surface area contributed by atoms with Crippen molar-refractivity contribution in [1.29, 1.82) is 0 Å². The van der Waals surface area contributed by atoms with Gasteiger partial charge in [0.25, 0.3) is 0 Å². The molecule has 2 heteroatoms. The molecule has 2 rings (SSSR count). The largest absolute Gasteiger partial charge is 0.244 e. The van der Waals surface area contributed by atoms with Crippen molar-refractivity contribution < 1.29 is 0 Å². The lowest BCUT2D eigenvalue weighted by molar-refractivity contribution is 0.647. The summed E-state index contributed by atoms with van der Waals surface area (Å²) in [6.45, 7) is 4.47. The van der Waals surface area contributed by atoms with E-state index in [-0.39, 0.29) is 0 Å². The number of aromatic nitrogens is 2. The van der Waals surface area contributed by atoms with Crippen LogP contribution in [0.3, 0.4) is 0 Å². The van der Waals surface area contributed by atoms with Gasteiger partial charge in [-0.2, -0.15) is 0 Å². The van der Waals surface area contributed by atoms with Crippen LogP contribution in [0.5, 0.6) is 0 Å². The molecule has 1 heterocycles. The first-order valence-electron chi connectivity index (χ1n) is 5.60. The van der Waals surface area contributed by atoms with Crippen molar-refractivity contribution in [3.63, 3.8) is 0 Å². The van der Waals surface area contributed by atoms with E-state index in [9.17, 15) is 0 Å². The Labute approximate surface area is 96.4 Å². The molecule has 0 bridgehead atoms. The van der Waals surface area contributed by atoms with Gasteiger partial charge in [0, 0.05) is 18.0 Å². The summed E-state index contributed by atoms with van der Waals surface area (Å²) in [7, 11) is 0. The van der Waals surface area contributed by atoms with Crippen LogP contribution in [0.15, 0.2) is 43.0 Å². The maximum Gasteiger partial charge on any atom is 0.115 e. The first kappa shape index (κ1) is 10.8. The minimum atomic E-state index is 0.700. The zero-order valence-electron chi connectivity index (χ0n) is 9.72. The van der Waals surface area contributed by atoms with E-state index in [4.69, 9.17) is 0 Å². The van der Waals surface area contributed by atoms with Gasteiger partial charge < -0.3 is 0 Å². The van der Waals surface area contributed by atoms with Crippen molar-refractivity contribution in [3.05, 3.63) is 48.5 Å². The van der Waals surface area contributed by atoms with E-state index in [1.807, 2.05) is 12.4 Å². The average molecular weight is 212 g/mol. The van der Waals surface area contributed by atoms with Gasteiger partial charge in [0.05, 0.1) is 0 Å². The molecule has 0 unspecified atom stereocenters. The second-order valence-electron chi connectivity index (χ2n) is 4.42. The van der Waals surface area contributed by atoms with Gasteiger partial charge in [0.2, 0.25) is 0 Å². The van der Waals surface area contributed by atoms with Gasteiger partial charge >= 0.3 is 0 Å².